The molecule has 1 aliphatic heterocycles. The Hall–Kier alpha value is -2.26. The molecular weight excluding hydrogens is 436 g/mol. The molecule has 0 aromatic heterocycles. The fraction of sp³-hybridized carbons (Fsp3) is 0.455. The van der Waals surface area contributed by atoms with Gasteiger partial charge in [-0.3, -0.25) is 9.03 Å². The number of benzene rings is 2. The molecule has 0 saturated carbocycles. The van der Waals surface area contributed by atoms with Crippen molar-refractivity contribution in [1.29, 1.82) is 0 Å². The summed E-state index contributed by atoms with van der Waals surface area (Å²) in [7, 11) is -7.47. The summed E-state index contributed by atoms with van der Waals surface area (Å²) in [4.78, 5) is -0.0903. The van der Waals surface area contributed by atoms with Gasteiger partial charge in [0.05, 0.1) is 18.0 Å². The van der Waals surface area contributed by atoms with Crippen molar-refractivity contribution >= 4 is 31.4 Å². The highest BCUT2D eigenvalue weighted by molar-refractivity contribution is 7.93. The zero-order valence-corrected chi connectivity index (χ0v) is 20.0. The minimum Gasteiger partial charge on any atom is -0.492 e. The fourth-order valence-corrected chi connectivity index (χ4v) is 6.32. The molecule has 1 heterocycles. The van der Waals surface area contributed by atoms with Crippen LogP contribution in [0, 0.1) is 0 Å². The first kappa shape index (κ1) is 23.4. The second-order valence-corrected chi connectivity index (χ2v) is 12.3. The minimum atomic E-state index is -4.01. The lowest BCUT2D eigenvalue weighted by Crippen LogP contribution is -2.37. The van der Waals surface area contributed by atoms with E-state index in [1.807, 2.05) is 12.1 Å². The first-order valence-corrected chi connectivity index (χ1v) is 13.4. The Morgan fingerprint density at radius 2 is 1.74 bits per heavy atom. The van der Waals surface area contributed by atoms with E-state index in [4.69, 9.17) is 4.74 Å². The summed E-state index contributed by atoms with van der Waals surface area (Å²) in [5, 5.41) is 0. The molecule has 31 heavy (non-hydrogen) atoms. The number of hydrogen-bond acceptors (Lipinski definition) is 5. The largest absolute Gasteiger partial charge is 0.492 e. The monoisotopic (exact) mass is 466 g/mol. The van der Waals surface area contributed by atoms with Crippen molar-refractivity contribution in [3.05, 3.63) is 48.0 Å². The van der Waals surface area contributed by atoms with Gasteiger partial charge in [-0.25, -0.2) is 16.8 Å². The van der Waals surface area contributed by atoms with Crippen LogP contribution in [0.4, 0.5) is 11.4 Å². The first-order valence-electron chi connectivity index (χ1n) is 10.3. The first-order chi connectivity index (χ1) is 14.4. The van der Waals surface area contributed by atoms with Crippen molar-refractivity contribution in [1.82, 2.24) is 0 Å². The molecule has 2 aromatic rings. The van der Waals surface area contributed by atoms with Crippen LogP contribution in [0.2, 0.25) is 0 Å². The summed E-state index contributed by atoms with van der Waals surface area (Å²) in [5.74, 6) is 0.236. The molecule has 0 aliphatic carbocycles. The number of sulfonamides is 2. The molecule has 3 rings (SSSR count). The van der Waals surface area contributed by atoms with E-state index in [1.54, 1.807) is 25.1 Å². The maximum atomic E-state index is 13.2. The summed E-state index contributed by atoms with van der Waals surface area (Å²) >= 11 is 0. The van der Waals surface area contributed by atoms with Gasteiger partial charge in [-0.1, -0.05) is 32.9 Å². The molecule has 9 heteroatoms. The van der Waals surface area contributed by atoms with E-state index in [2.05, 4.69) is 25.5 Å². The van der Waals surface area contributed by atoms with E-state index in [0.29, 0.717) is 24.3 Å². The Labute approximate surface area is 185 Å². The van der Waals surface area contributed by atoms with Gasteiger partial charge in [-0.2, -0.15) is 0 Å². The third-order valence-corrected chi connectivity index (χ3v) is 8.43. The van der Waals surface area contributed by atoms with Crippen molar-refractivity contribution in [2.24, 2.45) is 0 Å². The highest BCUT2D eigenvalue weighted by Gasteiger charge is 2.29. The molecule has 1 saturated heterocycles. The topological polar surface area (TPSA) is 92.8 Å². The second kappa shape index (κ2) is 8.70. The molecule has 7 nitrogen and oxygen atoms in total. The normalized spacial score (nSPS) is 16.7. The molecule has 1 aliphatic rings. The molecule has 0 atom stereocenters. The van der Waals surface area contributed by atoms with Gasteiger partial charge in [0, 0.05) is 12.2 Å². The summed E-state index contributed by atoms with van der Waals surface area (Å²) < 4.78 is 60.8. The lowest BCUT2D eigenvalue weighted by Gasteiger charge is -2.29. The summed E-state index contributed by atoms with van der Waals surface area (Å²) in [6.07, 6.45) is 1.33. The van der Waals surface area contributed by atoms with E-state index in [1.165, 1.54) is 16.4 Å². The standard InChI is InChI=1S/C22H30N2O5S2/c1-5-29-20-13-12-19(24-14-6-7-15-30(24,25)26)16-21(20)31(27,28)23-18-10-8-17(9-11-18)22(2,3)4/h8-13,16,23H,5-7,14-15H2,1-4H3. The van der Waals surface area contributed by atoms with Crippen LogP contribution < -0.4 is 13.8 Å². The average molecular weight is 467 g/mol. The van der Waals surface area contributed by atoms with Crippen molar-refractivity contribution in [3.8, 4) is 5.75 Å². The summed E-state index contributed by atoms with van der Waals surface area (Å²) in [6.45, 7) is 8.63. The molecule has 0 amide bonds. The lowest BCUT2D eigenvalue weighted by molar-refractivity contribution is 0.331. The summed E-state index contributed by atoms with van der Waals surface area (Å²) in [5.41, 5.74) is 1.79. The Morgan fingerprint density at radius 3 is 2.32 bits per heavy atom. The van der Waals surface area contributed by atoms with Crippen LogP contribution in [0.1, 0.15) is 46.1 Å². The van der Waals surface area contributed by atoms with Crippen LogP contribution in [-0.2, 0) is 25.5 Å². The van der Waals surface area contributed by atoms with Gasteiger partial charge in [-0.15, -0.1) is 0 Å². The fourth-order valence-electron chi connectivity index (χ4n) is 3.46. The van der Waals surface area contributed by atoms with E-state index < -0.39 is 20.0 Å². The Kier molecular flexibility index (Phi) is 6.57. The third kappa shape index (κ3) is 5.33. The zero-order valence-electron chi connectivity index (χ0n) is 18.4. The molecule has 0 radical (unpaired) electrons. The third-order valence-electron chi connectivity index (χ3n) is 5.16. The predicted molar refractivity (Wildman–Crippen MR) is 124 cm³/mol. The molecule has 170 valence electrons. The van der Waals surface area contributed by atoms with Gasteiger partial charge in [0.25, 0.3) is 10.0 Å². The van der Waals surface area contributed by atoms with Crippen molar-refractivity contribution < 1.29 is 21.6 Å². The van der Waals surface area contributed by atoms with E-state index in [0.717, 1.165) is 12.0 Å². The van der Waals surface area contributed by atoms with Gasteiger partial charge in [0.2, 0.25) is 10.0 Å². The van der Waals surface area contributed by atoms with E-state index in [-0.39, 0.29) is 28.4 Å². The maximum Gasteiger partial charge on any atom is 0.265 e. The maximum absolute atomic E-state index is 13.2. The smallest absolute Gasteiger partial charge is 0.265 e. The Morgan fingerprint density at radius 1 is 1.06 bits per heavy atom. The zero-order chi connectivity index (χ0) is 22.9. The van der Waals surface area contributed by atoms with Crippen LogP contribution in [0.5, 0.6) is 5.75 Å². The SMILES string of the molecule is CCOc1ccc(N2CCCCS2(=O)=O)cc1S(=O)(=O)Nc1ccc(C(C)(C)C)cc1. The number of rotatable bonds is 6. The highest BCUT2D eigenvalue weighted by atomic mass is 32.2. The Bertz CT molecular complexity index is 1140. The van der Waals surface area contributed by atoms with Crippen molar-refractivity contribution in [3.63, 3.8) is 0 Å². The van der Waals surface area contributed by atoms with Gasteiger partial charge in [-0.05, 0) is 61.1 Å². The van der Waals surface area contributed by atoms with Crippen molar-refractivity contribution in [2.45, 2.75) is 50.8 Å². The van der Waals surface area contributed by atoms with Crippen LogP contribution in [0.25, 0.3) is 0 Å². The quantitative estimate of drug-likeness (QED) is 0.691. The molecule has 1 fully saturated rings. The van der Waals surface area contributed by atoms with Crippen LogP contribution in [0.15, 0.2) is 47.4 Å². The number of hydrogen-bond donors (Lipinski definition) is 1. The number of nitrogens with one attached hydrogen (secondary N) is 1. The number of nitrogens with zero attached hydrogens (tertiary/aromatic N) is 1. The molecule has 0 unspecified atom stereocenters. The van der Waals surface area contributed by atoms with Crippen molar-refractivity contribution in [2.75, 3.05) is 27.9 Å². The van der Waals surface area contributed by atoms with Gasteiger partial charge >= 0.3 is 0 Å². The van der Waals surface area contributed by atoms with Crippen LogP contribution in [0.3, 0.4) is 0 Å². The van der Waals surface area contributed by atoms with Gasteiger partial charge in [0.15, 0.2) is 0 Å². The number of ether oxygens (including phenoxy) is 1. The molecule has 2 aromatic carbocycles. The summed E-state index contributed by atoms with van der Waals surface area (Å²) in [6, 6.07) is 11.7. The second-order valence-electron chi connectivity index (χ2n) is 8.59. The van der Waals surface area contributed by atoms with E-state index >= 15 is 0 Å². The molecule has 0 spiro atoms. The molecule has 1 N–H and O–H groups in total. The molecular formula is C22H30N2O5S2. The van der Waals surface area contributed by atoms with Crippen LogP contribution in [-0.4, -0.2) is 35.7 Å². The van der Waals surface area contributed by atoms with Gasteiger partial charge < -0.3 is 4.74 Å². The number of anilines is 2. The minimum absolute atomic E-state index is 0.0478. The molecule has 0 bridgehead atoms. The van der Waals surface area contributed by atoms with Gasteiger partial charge in [0.1, 0.15) is 10.6 Å². The van der Waals surface area contributed by atoms with Crippen LogP contribution >= 0.6 is 0 Å². The van der Waals surface area contributed by atoms with E-state index in [9.17, 15) is 16.8 Å². The lowest BCUT2D eigenvalue weighted by atomic mass is 9.87. The Balaban J connectivity index is 1.98. The highest BCUT2D eigenvalue weighted by Crippen LogP contribution is 2.33. The predicted octanol–water partition coefficient (Wildman–Crippen LogP) is 4.11. The average Bonchev–Trinajstić information content (AvgIpc) is 2.68.